The van der Waals surface area contributed by atoms with E-state index in [1.54, 1.807) is 12.3 Å². The number of aromatic nitrogens is 2. The fourth-order valence-corrected chi connectivity index (χ4v) is 5.50. The Hall–Kier alpha value is -2.75. The van der Waals surface area contributed by atoms with Crippen LogP contribution in [0.5, 0.6) is 0 Å². The van der Waals surface area contributed by atoms with Gasteiger partial charge in [0.2, 0.25) is 0 Å². The van der Waals surface area contributed by atoms with E-state index < -0.39 is 5.69 Å². The number of fused-ring (bicyclic) bond motifs is 1. The smallest absolute Gasteiger partial charge is 0.328 e. The number of nitrogens with one attached hydrogen (secondary N) is 1. The van der Waals surface area contributed by atoms with Crippen molar-refractivity contribution in [3.8, 4) is 5.69 Å². The van der Waals surface area contributed by atoms with Gasteiger partial charge in [0.15, 0.2) is 0 Å². The molecular formula is C24H33N7O2. The fourth-order valence-electron chi connectivity index (χ4n) is 5.50. The fraction of sp³-hybridized carbons (Fsp3) is 0.542. The lowest BCUT2D eigenvalue weighted by Crippen LogP contribution is -2.39. The third-order valence-corrected chi connectivity index (χ3v) is 7.37. The molecule has 1 aromatic carbocycles. The Morgan fingerprint density at radius 3 is 2.30 bits per heavy atom. The summed E-state index contributed by atoms with van der Waals surface area (Å²) in [6.07, 6.45) is 5.69. The van der Waals surface area contributed by atoms with Crippen molar-refractivity contribution in [2.45, 2.75) is 44.3 Å². The first-order chi connectivity index (χ1) is 15.9. The van der Waals surface area contributed by atoms with Gasteiger partial charge in [0, 0.05) is 37.9 Å². The zero-order chi connectivity index (χ0) is 22.9. The lowest BCUT2D eigenvalue weighted by Gasteiger charge is -2.30. The van der Waals surface area contributed by atoms with E-state index in [0.717, 1.165) is 64.1 Å². The minimum absolute atomic E-state index is 0.203. The minimum Gasteiger partial charge on any atom is -0.328 e. The highest BCUT2D eigenvalue weighted by Gasteiger charge is 2.41. The number of amides is 2. The van der Waals surface area contributed by atoms with Crippen LogP contribution in [0.25, 0.3) is 5.69 Å². The number of hydrogen-bond acceptors (Lipinski definition) is 6. The predicted octanol–water partition coefficient (Wildman–Crippen LogP) is 1.36. The van der Waals surface area contributed by atoms with Gasteiger partial charge in [-0.3, -0.25) is 14.8 Å². The van der Waals surface area contributed by atoms with E-state index in [4.69, 9.17) is 11.5 Å². The first-order valence-corrected chi connectivity index (χ1v) is 11.9. The molecule has 3 heterocycles. The number of likely N-dealkylation sites (tertiary alicyclic amines) is 2. The van der Waals surface area contributed by atoms with E-state index in [1.807, 2.05) is 29.2 Å². The first-order valence-electron chi connectivity index (χ1n) is 11.9. The highest BCUT2D eigenvalue weighted by atomic mass is 16.2. The second kappa shape index (κ2) is 9.24. The number of urea groups is 1. The van der Waals surface area contributed by atoms with Crippen LogP contribution in [0.1, 0.15) is 31.2 Å². The molecule has 3 aliphatic rings. The molecule has 2 aliphatic heterocycles. The summed E-state index contributed by atoms with van der Waals surface area (Å²) >= 11 is 0. The molecule has 5 rings (SSSR count). The summed E-state index contributed by atoms with van der Waals surface area (Å²) in [4.78, 5) is 33.6. The van der Waals surface area contributed by atoms with Crippen molar-refractivity contribution in [2.24, 2.45) is 23.3 Å². The van der Waals surface area contributed by atoms with Gasteiger partial charge in [-0.2, -0.15) is 4.98 Å². The molecule has 0 bridgehead atoms. The summed E-state index contributed by atoms with van der Waals surface area (Å²) < 4.78 is 1.49. The van der Waals surface area contributed by atoms with E-state index in [9.17, 15) is 9.59 Å². The summed E-state index contributed by atoms with van der Waals surface area (Å²) in [5.74, 6) is 1.25. The average Bonchev–Trinajstić information content (AvgIpc) is 3.34. The molecule has 2 saturated heterocycles. The molecule has 3 fully saturated rings. The summed E-state index contributed by atoms with van der Waals surface area (Å²) in [5.41, 5.74) is 13.5. The van der Waals surface area contributed by atoms with Crippen molar-refractivity contribution >= 4 is 11.8 Å². The van der Waals surface area contributed by atoms with Gasteiger partial charge >= 0.3 is 11.7 Å². The molecule has 1 aliphatic carbocycles. The number of piperidine rings is 1. The Labute approximate surface area is 193 Å². The van der Waals surface area contributed by atoms with Crippen LogP contribution in [0.3, 0.4) is 0 Å². The number of rotatable bonds is 4. The monoisotopic (exact) mass is 451 g/mol. The zero-order valence-electron chi connectivity index (χ0n) is 18.9. The summed E-state index contributed by atoms with van der Waals surface area (Å²) in [6, 6.07) is 9.99. The van der Waals surface area contributed by atoms with E-state index in [1.165, 1.54) is 10.1 Å². The number of nitrogens with zero attached hydrogens (tertiary/aromatic N) is 4. The van der Waals surface area contributed by atoms with Gasteiger partial charge in [-0.15, -0.1) is 0 Å². The maximum Gasteiger partial charge on any atom is 0.354 e. The topological polar surface area (TPSA) is 123 Å². The molecule has 0 radical (unpaired) electrons. The highest BCUT2D eigenvalue weighted by Crippen LogP contribution is 2.37. The molecule has 9 heteroatoms. The maximum absolute atomic E-state index is 12.6. The van der Waals surface area contributed by atoms with Crippen LogP contribution in [0, 0.1) is 11.8 Å². The van der Waals surface area contributed by atoms with E-state index in [0.29, 0.717) is 17.9 Å². The SMILES string of the molecule is NC1CCN(Cc2ccc(-n3ccc(NC(=O)N4C[C@H]5C[C@H](N)C[C@H]5C4)nc3=O)cc2)CC1. The van der Waals surface area contributed by atoms with Crippen LogP contribution in [-0.4, -0.2) is 63.6 Å². The Morgan fingerprint density at radius 2 is 1.67 bits per heavy atom. The predicted molar refractivity (Wildman–Crippen MR) is 127 cm³/mol. The molecule has 176 valence electrons. The molecule has 33 heavy (non-hydrogen) atoms. The Kier molecular flexibility index (Phi) is 6.18. The normalized spacial score (nSPS) is 25.9. The molecule has 2 amide bonds. The van der Waals surface area contributed by atoms with Crippen LogP contribution in [0.2, 0.25) is 0 Å². The van der Waals surface area contributed by atoms with Crippen LogP contribution in [-0.2, 0) is 6.54 Å². The maximum atomic E-state index is 12.6. The molecule has 1 saturated carbocycles. The van der Waals surface area contributed by atoms with Crippen LogP contribution in [0.4, 0.5) is 10.6 Å². The minimum atomic E-state index is -0.421. The van der Waals surface area contributed by atoms with Crippen molar-refractivity contribution in [3.63, 3.8) is 0 Å². The van der Waals surface area contributed by atoms with E-state index >= 15 is 0 Å². The summed E-state index contributed by atoms with van der Waals surface area (Å²) in [5, 5.41) is 2.78. The Balaban J connectivity index is 1.19. The Morgan fingerprint density at radius 1 is 1.00 bits per heavy atom. The number of anilines is 1. The number of carbonyl (C=O) groups is 1. The molecular weight excluding hydrogens is 418 g/mol. The molecule has 3 atom stereocenters. The van der Waals surface area contributed by atoms with Gasteiger partial charge in [0.25, 0.3) is 0 Å². The van der Waals surface area contributed by atoms with Gasteiger partial charge < -0.3 is 16.4 Å². The van der Waals surface area contributed by atoms with Crippen molar-refractivity contribution in [3.05, 3.63) is 52.6 Å². The number of benzene rings is 1. The van der Waals surface area contributed by atoms with Gasteiger partial charge in [-0.05, 0) is 74.4 Å². The molecule has 1 aromatic heterocycles. The van der Waals surface area contributed by atoms with Gasteiger partial charge in [0.05, 0.1) is 5.69 Å². The third-order valence-electron chi connectivity index (χ3n) is 7.37. The second-order valence-corrected chi connectivity index (χ2v) is 9.83. The van der Waals surface area contributed by atoms with Gasteiger partial charge in [-0.25, -0.2) is 9.59 Å². The van der Waals surface area contributed by atoms with Gasteiger partial charge in [-0.1, -0.05) is 12.1 Å². The van der Waals surface area contributed by atoms with Crippen LogP contribution < -0.4 is 22.5 Å². The third kappa shape index (κ3) is 4.95. The zero-order valence-corrected chi connectivity index (χ0v) is 18.9. The summed E-state index contributed by atoms with van der Waals surface area (Å²) in [7, 11) is 0. The number of hydrogen-bond donors (Lipinski definition) is 3. The number of carbonyl (C=O) groups excluding carboxylic acids is 1. The van der Waals surface area contributed by atoms with E-state index in [2.05, 4.69) is 15.2 Å². The quantitative estimate of drug-likeness (QED) is 0.645. The van der Waals surface area contributed by atoms with Gasteiger partial charge in [0.1, 0.15) is 5.82 Å². The lowest BCUT2D eigenvalue weighted by atomic mass is 10.0. The first kappa shape index (κ1) is 22.1. The largest absolute Gasteiger partial charge is 0.354 e. The van der Waals surface area contributed by atoms with Crippen molar-refractivity contribution < 1.29 is 4.79 Å². The highest BCUT2D eigenvalue weighted by molar-refractivity contribution is 5.88. The molecule has 2 aromatic rings. The molecule has 0 spiro atoms. The van der Waals surface area contributed by atoms with Crippen molar-refractivity contribution in [1.29, 1.82) is 0 Å². The van der Waals surface area contributed by atoms with E-state index in [-0.39, 0.29) is 17.9 Å². The molecule has 0 unspecified atom stereocenters. The van der Waals surface area contributed by atoms with Crippen molar-refractivity contribution in [1.82, 2.24) is 19.4 Å². The lowest BCUT2D eigenvalue weighted by molar-refractivity contribution is 0.205. The van der Waals surface area contributed by atoms with Crippen molar-refractivity contribution in [2.75, 3.05) is 31.5 Å². The Bertz CT molecular complexity index is 1030. The second-order valence-electron chi connectivity index (χ2n) is 9.83. The average molecular weight is 452 g/mol. The van der Waals surface area contributed by atoms with Crippen LogP contribution in [0.15, 0.2) is 41.3 Å². The summed E-state index contributed by atoms with van der Waals surface area (Å²) in [6.45, 7) is 4.36. The van der Waals surface area contributed by atoms with Crippen LogP contribution >= 0.6 is 0 Å². The number of nitrogens with two attached hydrogens (primary N) is 2. The molecule has 9 nitrogen and oxygen atoms in total. The molecule has 5 N–H and O–H groups in total. The standard InChI is InChI=1S/C24H33N7O2/c25-19-5-8-29(9-6-19)13-16-1-3-21(4-2-16)31-10-7-22(28-24(31)33)27-23(32)30-14-17-11-20(26)12-18(17)15-30/h1-4,7,10,17-20H,5-6,8-9,11-15,25-26H2,(H,27,28,32,33)/t17-,18+,20+.